The highest BCUT2D eigenvalue weighted by molar-refractivity contribution is 5.99. The van der Waals surface area contributed by atoms with Crippen LogP contribution in [0.1, 0.15) is 37.0 Å². The number of anilines is 1. The Morgan fingerprint density at radius 2 is 2.11 bits per heavy atom. The predicted octanol–water partition coefficient (Wildman–Crippen LogP) is 2.20. The lowest BCUT2D eigenvalue weighted by molar-refractivity contribution is 0.0900. The van der Waals surface area contributed by atoms with Crippen LogP contribution in [0.4, 0.5) is 5.69 Å². The quantitative estimate of drug-likeness (QED) is 0.803. The van der Waals surface area contributed by atoms with Crippen molar-refractivity contribution in [3.05, 3.63) is 23.8 Å². The van der Waals surface area contributed by atoms with Gasteiger partial charge in [-0.1, -0.05) is 6.07 Å². The second-order valence-electron chi connectivity index (χ2n) is 5.38. The van der Waals surface area contributed by atoms with Crippen LogP contribution in [0, 0.1) is 5.92 Å². The van der Waals surface area contributed by atoms with Gasteiger partial charge >= 0.3 is 0 Å². The zero-order valence-corrected chi connectivity index (χ0v) is 11.1. The van der Waals surface area contributed by atoms with Crippen LogP contribution in [0.3, 0.4) is 0 Å². The maximum absolute atomic E-state index is 12.3. The van der Waals surface area contributed by atoms with Gasteiger partial charge < -0.3 is 15.8 Å². The number of carbonyl (C=O) groups excluding carboxylic acids is 1. The van der Waals surface area contributed by atoms with Gasteiger partial charge in [-0.15, -0.1) is 0 Å². The number of para-hydroxylation sites is 1. The van der Waals surface area contributed by atoms with Crippen LogP contribution in [0.25, 0.3) is 0 Å². The molecule has 1 fully saturated rings. The number of methoxy groups -OCH3 is 1. The second-order valence-corrected chi connectivity index (χ2v) is 5.38. The van der Waals surface area contributed by atoms with Gasteiger partial charge in [-0.2, -0.15) is 0 Å². The minimum atomic E-state index is -0.174. The number of nitrogens with two attached hydrogens (primary N) is 1. The molecule has 1 aliphatic carbocycles. The number of amides is 1. The molecule has 0 saturated heterocycles. The summed E-state index contributed by atoms with van der Waals surface area (Å²) in [6, 6.07) is 5.21. The highest BCUT2D eigenvalue weighted by Gasteiger charge is 2.39. The minimum Gasteiger partial charge on any atom is -0.494 e. The predicted molar refractivity (Wildman–Crippen MR) is 71.7 cm³/mol. The molecule has 1 aromatic rings. The van der Waals surface area contributed by atoms with E-state index in [4.69, 9.17) is 10.5 Å². The Hall–Kier alpha value is -1.71. The number of ether oxygens (including phenoxy) is 1. The second kappa shape index (κ2) is 4.52. The van der Waals surface area contributed by atoms with Gasteiger partial charge in [0.05, 0.1) is 18.4 Å². The fourth-order valence-electron chi connectivity index (χ4n) is 2.23. The Bertz CT molecular complexity index is 465. The summed E-state index contributed by atoms with van der Waals surface area (Å²) in [5.41, 5.74) is 6.60. The summed E-state index contributed by atoms with van der Waals surface area (Å²) in [6.45, 7) is 4.11. The largest absolute Gasteiger partial charge is 0.494 e. The highest BCUT2D eigenvalue weighted by Crippen LogP contribution is 2.39. The molecule has 98 valence electrons. The number of nitrogen functional groups attached to an aromatic ring is 1. The molecular weight excluding hydrogens is 228 g/mol. The third-order valence-corrected chi connectivity index (χ3v) is 3.53. The molecule has 0 aliphatic heterocycles. The Balaban J connectivity index is 2.21. The van der Waals surface area contributed by atoms with Crippen molar-refractivity contribution in [2.24, 2.45) is 5.92 Å². The van der Waals surface area contributed by atoms with Gasteiger partial charge in [-0.3, -0.25) is 4.79 Å². The van der Waals surface area contributed by atoms with Crippen LogP contribution in [-0.2, 0) is 0 Å². The van der Waals surface area contributed by atoms with E-state index in [-0.39, 0.29) is 11.4 Å². The zero-order valence-electron chi connectivity index (χ0n) is 11.1. The van der Waals surface area contributed by atoms with E-state index in [1.165, 1.54) is 20.0 Å². The molecule has 0 heterocycles. The average molecular weight is 248 g/mol. The summed E-state index contributed by atoms with van der Waals surface area (Å²) >= 11 is 0. The SMILES string of the molecule is COc1c(N)cccc1C(=O)NC(C)(C)C1CC1. The number of carbonyl (C=O) groups is 1. The molecule has 0 unspecified atom stereocenters. The summed E-state index contributed by atoms with van der Waals surface area (Å²) < 4.78 is 5.20. The fourth-order valence-corrected chi connectivity index (χ4v) is 2.23. The van der Waals surface area contributed by atoms with E-state index >= 15 is 0 Å². The number of benzene rings is 1. The van der Waals surface area contributed by atoms with Crippen LogP contribution >= 0.6 is 0 Å². The smallest absolute Gasteiger partial charge is 0.255 e. The first-order valence-corrected chi connectivity index (χ1v) is 6.20. The first kappa shape index (κ1) is 12.7. The molecule has 1 aromatic carbocycles. The van der Waals surface area contributed by atoms with Gasteiger partial charge in [-0.05, 0) is 44.7 Å². The van der Waals surface area contributed by atoms with Gasteiger partial charge in [0, 0.05) is 5.54 Å². The number of rotatable bonds is 4. The summed E-state index contributed by atoms with van der Waals surface area (Å²) in [5.74, 6) is 0.895. The van der Waals surface area contributed by atoms with Crippen LogP contribution in [0.5, 0.6) is 5.75 Å². The Labute approximate surface area is 108 Å². The Morgan fingerprint density at radius 3 is 2.67 bits per heavy atom. The number of hydrogen-bond donors (Lipinski definition) is 2. The minimum absolute atomic E-state index is 0.129. The normalized spacial score (nSPS) is 15.3. The van der Waals surface area contributed by atoms with Gasteiger partial charge in [0.15, 0.2) is 5.75 Å². The molecule has 4 heteroatoms. The van der Waals surface area contributed by atoms with Crippen molar-refractivity contribution in [3.8, 4) is 5.75 Å². The standard InChI is InChI=1S/C14H20N2O2/c1-14(2,9-7-8-9)16-13(17)10-5-4-6-11(15)12(10)18-3/h4-6,9H,7-8,15H2,1-3H3,(H,16,17). The summed E-state index contributed by atoms with van der Waals surface area (Å²) in [7, 11) is 1.52. The van der Waals surface area contributed by atoms with E-state index in [9.17, 15) is 4.79 Å². The first-order chi connectivity index (χ1) is 8.45. The third-order valence-electron chi connectivity index (χ3n) is 3.53. The lowest BCUT2D eigenvalue weighted by Crippen LogP contribution is -2.45. The lowest BCUT2D eigenvalue weighted by atomic mass is 9.98. The van der Waals surface area contributed by atoms with Crippen LogP contribution in [0.2, 0.25) is 0 Å². The first-order valence-electron chi connectivity index (χ1n) is 6.20. The maximum atomic E-state index is 12.3. The van der Waals surface area contributed by atoms with Crippen molar-refractivity contribution in [1.29, 1.82) is 0 Å². The van der Waals surface area contributed by atoms with Crippen molar-refractivity contribution in [3.63, 3.8) is 0 Å². The molecule has 0 aromatic heterocycles. The van der Waals surface area contributed by atoms with E-state index in [0.29, 0.717) is 22.9 Å². The summed E-state index contributed by atoms with van der Waals surface area (Å²) in [6.07, 6.45) is 2.36. The molecule has 1 amide bonds. The Kier molecular flexibility index (Phi) is 3.20. The molecule has 2 rings (SSSR count). The molecule has 4 nitrogen and oxygen atoms in total. The molecule has 0 spiro atoms. The third kappa shape index (κ3) is 2.42. The molecule has 18 heavy (non-hydrogen) atoms. The van der Waals surface area contributed by atoms with E-state index in [0.717, 1.165) is 0 Å². The molecule has 1 aliphatic rings. The topological polar surface area (TPSA) is 64.3 Å². The zero-order chi connectivity index (χ0) is 13.3. The van der Waals surface area contributed by atoms with Crippen molar-refractivity contribution in [1.82, 2.24) is 5.32 Å². The molecular formula is C14H20N2O2. The molecule has 0 atom stereocenters. The van der Waals surface area contributed by atoms with Crippen molar-refractivity contribution >= 4 is 11.6 Å². The fraction of sp³-hybridized carbons (Fsp3) is 0.500. The van der Waals surface area contributed by atoms with Crippen molar-refractivity contribution in [2.45, 2.75) is 32.2 Å². The van der Waals surface area contributed by atoms with E-state index in [1.807, 2.05) is 0 Å². The van der Waals surface area contributed by atoms with Crippen molar-refractivity contribution in [2.75, 3.05) is 12.8 Å². The Morgan fingerprint density at radius 1 is 1.44 bits per heavy atom. The van der Waals surface area contributed by atoms with E-state index < -0.39 is 0 Å². The maximum Gasteiger partial charge on any atom is 0.255 e. The molecule has 0 bridgehead atoms. The highest BCUT2D eigenvalue weighted by atomic mass is 16.5. The number of hydrogen-bond acceptors (Lipinski definition) is 3. The monoisotopic (exact) mass is 248 g/mol. The lowest BCUT2D eigenvalue weighted by Gasteiger charge is -2.26. The van der Waals surface area contributed by atoms with Crippen molar-refractivity contribution < 1.29 is 9.53 Å². The van der Waals surface area contributed by atoms with E-state index in [2.05, 4.69) is 19.2 Å². The van der Waals surface area contributed by atoms with Gasteiger partial charge in [0.25, 0.3) is 5.91 Å². The molecule has 3 N–H and O–H groups in total. The van der Waals surface area contributed by atoms with Gasteiger partial charge in [0.1, 0.15) is 0 Å². The van der Waals surface area contributed by atoms with Crippen LogP contribution < -0.4 is 15.8 Å². The number of nitrogens with one attached hydrogen (secondary N) is 1. The summed E-state index contributed by atoms with van der Waals surface area (Å²) in [5, 5.41) is 3.06. The summed E-state index contributed by atoms with van der Waals surface area (Å²) in [4.78, 5) is 12.3. The van der Waals surface area contributed by atoms with Crippen LogP contribution in [0.15, 0.2) is 18.2 Å². The van der Waals surface area contributed by atoms with Gasteiger partial charge in [0.2, 0.25) is 0 Å². The van der Waals surface area contributed by atoms with E-state index in [1.54, 1.807) is 18.2 Å². The molecule has 0 radical (unpaired) electrons. The van der Waals surface area contributed by atoms with Gasteiger partial charge in [-0.25, -0.2) is 0 Å². The average Bonchev–Trinajstić information content (AvgIpc) is 3.12. The molecule has 1 saturated carbocycles. The van der Waals surface area contributed by atoms with Crippen LogP contribution in [-0.4, -0.2) is 18.6 Å².